The SMILES string of the molecule is NC1CCCCC1Nc1cc(Cl)ccc1[N+](=O)[O-]. The molecule has 0 radical (unpaired) electrons. The van der Waals surface area contributed by atoms with Crippen LogP contribution in [0.3, 0.4) is 0 Å². The molecule has 2 unspecified atom stereocenters. The van der Waals surface area contributed by atoms with Gasteiger partial charge in [-0.1, -0.05) is 24.4 Å². The van der Waals surface area contributed by atoms with E-state index in [2.05, 4.69) is 5.32 Å². The Morgan fingerprint density at radius 3 is 2.78 bits per heavy atom. The van der Waals surface area contributed by atoms with Gasteiger partial charge >= 0.3 is 0 Å². The lowest BCUT2D eigenvalue weighted by molar-refractivity contribution is -0.384. The summed E-state index contributed by atoms with van der Waals surface area (Å²) in [6.45, 7) is 0. The molecule has 18 heavy (non-hydrogen) atoms. The van der Waals surface area contributed by atoms with Crippen LogP contribution in [0.5, 0.6) is 0 Å². The molecule has 0 saturated heterocycles. The van der Waals surface area contributed by atoms with Crippen molar-refractivity contribution in [1.82, 2.24) is 0 Å². The molecular formula is C12H16ClN3O2. The molecule has 2 rings (SSSR count). The van der Waals surface area contributed by atoms with Crippen LogP contribution < -0.4 is 11.1 Å². The molecule has 1 aromatic carbocycles. The summed E-state index contributed by atoms with van der Waals surface area (Å²) in [7, 11) is 0. The average Bonchev–Trinajstić information content (AvgIpc) is 2.32. The lowest BCUT2D eigenvalue weighted by atomic mass is 9.91. The number of halogens is 1. The summed E-state index contributed by atoms with van der Waals surface area (Å²) in [6.07, 6.45) is 4.10. The second-order valence-corrected chi connectivity index (χ2v) is 5.05. The Bertz CT molecular complexity index is 453. The van der Waals surface area contributed by atoms with Gasteiger partial charge in [0.05, 0.1) is 4.92 Å². The van der Waals surface area contributed by atoms with E-state index in [9.17, 15) is 10.1 Å². The first-order valence-corrected chi connectivity index (χ1v) is 6.42. The summed E-state index contributed by atoms with van der Waals surface area (Å²) < 4.78 is 0. The number of nitrogens with zero attached hydrogens (tertiary/aromatic N) is 1. The van der Waals surface area contributed by atoms with Crippen LogP contribution >= 0.6 is 11.6 Å². The van der Waals surface area contributed by atoms with Gasteiger partial charge in [-0.3, -0.25) is 10.1 Å². The van der Waals surface area contributed by atoms with Gasteiger partial charge in [0.2, 0.25) is 0 Å². The fourth-order valence-corrected chi connectivity index (χ4v) is 2.49. The van der Waals surface area contributed by atoms with Crippen LogP contribution in [0.2, 0.25) is 5.02 Å². The third-order valence-corrected chi connectivity index (χ3v) is 3.55. The molecule has 5 nitrogen and oxygen atoms in total. The van der Waals surface area contributed by atoms with Crippen LogP contribution in [0.1, 0.15) is 25.7 Å². The van der Waals surface area contributed by atoms with Crippen molar-refractivity contribution in [2.24, 2.45) is 5.73 Å². The number of nitrogens with one attached hydrogen (secondary N) is 1. The second-order valence-electron chi connectivity index (χ2n) is 4.62. The first-order valence-electron chi connectivity index (χ1n) is 6.04. The van der Waals surface area contributed by atoms with Crippen molar-refractivity contribution in [2.75, 3.05) is 5.32 Å². The first kappa shape index (κ1) is 13.1. The summed E-state index contributed by atoms with van der Waals surface area (Å²) in [4.78, 5) is 10.5. The largest absolute Gasteiger partial charge is 0.375 e. The lowest BCUT2D eigenvalue weighted by Crippen LogP contribution is -2.42. The van der Waals surface area contributed by atoms with Crippen molar-refractivity contribution in [3.63, 3.8) is 0 Å². The van der Waals surface area contributed by atoms with Crippen LogP contribution in [0.25, 0.3) is 0 Å². The van der Waals surface area contributed by atoms with Crippen molar-refractivity contribution < 1.29 is 4.92 Å². The highest BCUT2D eigenvalue weighted by Crippen LogP contribution is 2.30. The summed E-state index contributed by atoms with van der Waals surface area (Å²) in [6, 6.07) is 4.64. The van der Waals surface area contributed by atoms with Crippen LogP contribution in [0.4, 0.5) is 11.4 Å². The number of nitro benzene ring substituents is 1. The average molecular weight is 270 g/mol. The topological polar surface area (TPSA) is 81.2 Å². The van der Waals surface area contributed by atoms with Gasteiger partial charge in [0.15, 0.2) is 0 Å². The van der Waals surface area contributed by atoms with E-state index in [0.29, 0.717) is 10.7 Å². The maximum Gasteiger partial charge on any atom is 0.292 e. The molecule has 1 fully saturated rings. The molecule has 0 aliphatic heterocycles. The van der Waals surface area contributed by atoms with Gasteiger partial charge in [0, 0.05) is 23.2 Å². The van der Waals surface area contributed by atoms with Gasteiger partial charge in [-0.05, 0) is 25.0 Å². The van der Waals surface area contributed by atoms with Crippen molar-refractivity contribution in [3.8, 4) is 0 Å². The molecule has 0 heterocycles. The highest BCUT2D eigenvalue weighted by molar-refractivity contribution is 6.31. The van der Waals surface area contributed by atoms with E-state index in [1.165, 1.54) is 12.1 Å². The number of hydrogen-bond donors (Lipinski definition) is 2. The van der Waals surface area contributed by atoms with E-state index in [1.54, 1.807) is 6.07 Å². The van der Waals surface area contributed by atoms with E-state index in [0.717, 1.165) is 25.7 Å². The Kier molecular flexibility index (Phi) is 4.04. The number of benzene rings is 1. The Hall–Kier alpha value is -1.33. The molecule has 0 aromatic heterocycles. The maximum absolute atomic E-state index is 10.9. The molecule has 1 aliphatic carbocycles. The minimum absolute atomic E-state index is 0.0390. The van der Waals surface area contributed by atoms with Gasteiger partial charge in [0.1, 0.15) is 5.69 Å². The van der Waals surface area contributed by atoms with E-state index >= 15 is 0 Å². The molecule has 1 saturated carbocycles. The minimum Gasteiger partial charge on any atom is -0.375 e. The summed E-state index contributed by atoms with van der Waals surface area (Å²) in [5.41, 5.74) is 6.52. The highest BCUT2D eigenvalue weighted by Gasteiger charge is 2.24. The number of nitrogens with two attached hydrogens (primary N) is 1. The standard InChI is InChI=1S/C12H16ClN3O2/c13-8-5-6-12(16(17)18)11(7-8)15-10-4-2-1-3-9(10)14/h5-7,9-10,15H,1-4,14H2. The molecular weight excluding hydrogens is 254 g/mol. The lowest BCUT2D eigenvalue weighted by Gasteiger charge is -2.30. The van der Waals surface area contributed by atoms with Gasteiger partial charge < -0.3 is 11.1 Å². The summed E-state index contributed by atoms with van der Waals surface area (Å²) in [5.74, 6) is 0. The molecule has 3 N–H and O–H groups in total. The molecule has 0 amide bonds. The zero-order valence-corrected chi connectivity index (χ0v) is 10.7. The van der Waals surface area contributed by atoms with Crippen molar-refractivity contribution in [3.05, 3.63) is 33.3 Å². The number of rotatable bonds is 3. The minimum atomic E-state index is -0.410. The zero-order chi connectivity index (χ0) is 13.1. The Balaban J connectivity index is 2.21. The van der Waals surface area contributed by atoms with E-state index in [-0.39, 0.29) is 17.8 Å². The summed E-state index contributed by atoms with van der Waals surface area (Å²) in [5, 5.41) is 14.6. The Morgan fingerprint density at radius 1 is 1.39 bits per heavy atom. The fraction of sp³-hybridized carbons (Fsp3) is 0.500. The molecule has 6 heteroatoms. The smallest absolute Gasteiger partial charge is 0.292 e. The van der Waals surface area contributed by atoms with Gasteiger partial charge in [0.25, 0.3) is 5.69 Å². The third-order valence-electron chi connectivity index (χ3n) is 3.32. The fourth-order valence-electron chi connectivity index (χ4n) is 2.32. The van der Waals surface area contributed by atoms with Crippen LogP contribution in [-0.4, -0.2) is 17.0 Å². The Morgan fingerprint density at radius 2 is 2.11 bits per heavy atom. The van der Waals surface area contributed by atoms with E-state index < -0.39 is 4.92 Å². The quantitative estimate of drug-likeness (QED) is 0.653. The zero-order valence-electron chi connectivity index (χ0n) is 9.93. The van der Waals surface area contributed by atoms with Crippen molar-refractivity contribution >= 4 is 23.0 Å². The number of hydrogen-bond acceptors (Lipinski definition) is 4. The molecule has 2 atom stereocenters. The Labute approximate surface area is 110 Å². The monoisotopic (exact) mass is 269 g/mol. The molecule has 98 valence electrons. The number of nitro groups is 1. The number of anilines is 1. The maximum atomic E-state index is 10.9. The predicted octanol–water partition coefficient (Wildman–Crippen LogP) is 2.93. The van der Waals surface area contributed by atoms with E-state index in [1.807, 2.05) is 0 Å². The third kappa shape index (κ3) is 2.91. The van der Waals surface area contributed by atoms with Crippen LogP contribution in [0.15, 0.2) is 18.2 Å². The molecule has 1 aromatic rings. The van der Waals surface area contributed by atoms with E-state index in [4.69, 9.17) is 17.3 Å². The normalized spacial score (nSPS) is 23.7. The van der Waals surface area contributed by atoms with Gasteiger partial charge in [-0.15, -0.1) is 0 Å². The predicted molar refractivity (Wildman–Crippen MR) is 72.0 cm³/mol. The van der Waals surface area contributed by atoms with Gasteiger partial charge in [-0.2, -0.15) is 0 Å². The molecule has 0 bridgehead atoms. The van der Waals surface area contributed by atoms with Crippen LogP contribution in [0, 0.1) is 10.1 Å². The molecule has 1 aliphatic rings. The van der Waals surface area contributed by atoms with Gasteiger partial charge in [-0.25, -0.2) is 0 Å². The van der Waals surface area contributed by atoms with Crippen molar-refractivity contribution in [2.45, 2.75) is 37.8 Å². The van der Waals surface area contributed by atoms with Crippen molar-refractivity contribution in [1.29, 1.82) is 0 Å². The first-order chi connectivity index (χ1) is 8.58. The van der Waals surface area contributed by atoms with Crippen LogP contribution in [-0.2, 0) is 0 Å². The molecule has 0 spiro atoms. The highest BCUT2D eigenvalue weighted by atomic mass is 35.5. The summed E-state index contributed by atoms with van der Waals surface area (Å²) >= 11 is 5.88. The second kappa shape index (κ2) is 5.54.